The quantitative estimate of drug-likeness (QED) is 0.514. The maximum Gasteiger partial charge on any atom is 0.0946 e. The summed E-state index contributed by atoms with van der Waals surface area (Å²) in [6.07, 6.45) is 3.61. The molecule has 5 heteroatoms. The number of rotatable bonds is 8. The van der Waals surface area contributed by atoms with Crippen molar-refractivity contribution in [3.8, 4) is 0 Å². The smallest absolute Gasteiger partial charge is 0.0946 e. The molecule has 0 saturated heterocycles. The number of aryl methyl sites for hydroxylation is 1. The molecule has 0 aromatic carbocycles. The van der Waals surface area contributed by atoms with Crippen molar-refractivity contribution in [1.29, 1.82) is 0 Å². The minimum atomic E-state index is 0.121. The summed E-state index contributed by atoms with van der Waals surface area (Å²) in [7, 11) is 1.96. The van der Waals surface area contributed by atoms with Gasteiger partial charge in [-0.3, -0.25) is 0 Å². The van der Waals surface area contributed by atoms with Crippen LogP contribution in [0.5, 0.6) is 0 Å². The Bertz CT molecular complexity index is 348. The first-order valence-corrected chi connectivity index (χ1v) is 5.77. The Hall–Kier alpha value is -1.17. The van der Waals surface area contributed by atoms with Crippen LogP contribution in [0.3, 0.4) is 0 Å². The Morgan fingerprint density at radius 1 is 1.71 bits per heavy atom. The molecule has 17 heavy (non-hydrogen) atoms. The number of hydrogen-bond acceptors (Lipinski definition) is 4. The molecule has 1 aromatic rings. The Balaban J connectivity index is 2.29. The highest BCUT2D eigenvalue weighted by Crippen LogP contribution is 2.08. The van der Waals surface area contributed by atoms with E-state index in [4.69, 9.17) is 10.5 Å². The molecule has 1 unspecified atom stereocenters. The number of hydrogen-bond donors (Lipinski definition) is 2. The second-order valence-corrected chi connectivity index (χ2v) is 4.18. The fraction of sp³-hybridized carbons (Fsp3) is 0.583. The molecule has 0 aliphatic heterocycles. The maximum atomic E-state index is 5.74. The van der Waals surface area contributed by atoms with Crippen molar-refractivity contribution in [1.82, 2.24) is 14.9 Å². The average molecular weight is 238 g/mol. The number of nitrogens with two attached hydrogens (primary N) is 1. The van der Waals surface area contributed by atoms with E-state index >= 15 is 0 Å². The molecule has 3 N–H and O–H groups in total. The Morgan fingerprint density at radius 3 is 3.00 bits per heavy atom. The van der Waals surface area contributed by atoms with Crippen molar-refractivity contribution in [3.05, 3.63) is 30.4 Å². The van der Waals surface area contributed by atoms with E-state index in [2.05, 4.69) is 16.9 Å². The molecule has 96 valence electrons. The van der Waals surface area contributed by atoms with Gasteiger partial charge in [-0.15, -0.1) is 0 Å². The van der Waals surface area contributed by atoms with Gasteiger partial charge in [0.15, 0.2) is 0 Å². The van der Waals surface area contributed by atoms with Crippen molar-refractivity contribution in [2.75, 3.05) is 26.3 Å². The van der Waals surface area contributed by atoms with E-state index in [0.717, 1.165) is 17.8 Å². The third kappa shape index (κ3) is 4.68. The van der Waals surface area contributed by atoms with E-state index < -0.39 is 0 Å². The number of aromatic nitrogens is 2. The van der Waals surface area contributed by atoms with Gasteiger partial charge in [-0.25, -0.2) is 4.98 Å². The van der Waals surface area contributed by atoms with Gasteiger partial charge in [-0.1, -0.05) is 12.2 Å². The van der Waals surface area contributed by atoms with Gasteiger partial charge in [-0.2, -0.15) is 0 Å². The third-order valence-electron chi connectivity index (χ3n) is 2.43. The SMILES string of the molecule is C=C(C)COCCNC(CN)c1cncn1C. The molecule has 0 fully saturated rings. The summed E-state index contributed by atoms with van der Waals surface area (Å²) in [5.74, 6) is 0. The van der Waals surface area contributed by atoms with Crippen LogP contribution in [-0.2, 0) is 11.8 Å². The van der Waals surface area contributed by atoms with Gasteiger partial charge in [0.2, 0.25) is 0 Å². The largest absolute Gasteiger partial charge is 0.376 e. The van der Waals surface area contributed by atoms with Gasteiger partial charge >= 0.3 is 0 Å². The molecule has 1 atom stereocenters. The highest BCUT2D eigenvalue weighted by Gasteiger charge is 2.11. The van der Waals surface area contributed by atoms with Crippen molar-refractivity contribution in [2.45, 2.75) is 13.0 Å². The molecular formula is C12H22N4O. The highest BCUT2D eigenvalue weighted by atomic mass is 16.5. The van der Waals surface area contributed by atoms with Gasteiger partial charge in [0.05, 0.1) is 31.3 Å². The minimum absolute atomic E-state index is 0.121. The third-order valence-corrected chi connectivity index (χ3v) is 2.43. The van der Waals surface area contributed by atoms with Crippen LogP contribution in [0, 0.1) is 0 Å². The summed E-state index contributed by atoms with van der Waals surface area (Å²) in [6.45, 7) is 8.30. The van der Waals surface area contributed by atoms with E-state index in [1.807, 2.05) is 24.7 Å². The Morgan fingerprint density at radius 2 is 2.47 bits per heavy atom. The lowest BCUT2D eigenvalue weighted by Gasteiger charge is -2.17. The predicted molar refractivity (Wildman–Crippen MR) is 68.6 cm³/mol. The number of imidazole rings is 1. The summed E-state index contributed by atoms with van der Waals surface area (Å²) >= 11 is 0. The van der Waals surface area contributed by atoms with Crippen molar-refractivity contribution < 1.29 is 4.74 Å². The molecule has 5 nitrogen and oxygen atoms in total. The zero-order chi connectivity index (χ0) is 12.7. The van der Waals surface area contributed by atoms with Gasteiger partial charge in [-0.05, 0) is 6.92 Å². The summed E-state index contributed by atoms with van der Waals surface area (Å²) in [5.41, 5.74) is 7.86. The van der Waals surface area contributed by atoms with E-state index in [-0.39, 0.29) is 6.04 Å². The highest BCUT2D eigenvalue weighted by molar-refractivity contribution is 5.05. The van der Waals surface area contributed by atoms with Crippen LogP contribution >= 0.6 is 0 Å². The molecule has 0 radical (unpaired) electrons. The lowest BCUT2D eigenvalue weighted by molar-refractivity contribution is 0.155. The zero-order valence-electron chi connectivity index (χ0n) is 10.6. The first-order chi connectivity index (χ1) is 8.15. The van der Waals surface area contributed by atoms with Crippen LogP contribution in [0.25, 0.3) is 0 Å². The zero-order valence-corrected chi connectivity index (χ0v) is 10.6. The normalized spacial score (nSPS) is 12.6. The van der Waals surface area contributed by atoms with Crippen LogP contribution < -0.4 is 11.1 Å². The Kier molecular flexibility index (Phi) is 5.90. The molecule has 0 amide bonds. The van der Waals surface area contributed by atoms with Gasteiger partial charge in [0.25, 0.3) is 0 Å². The second-order valence-electron chi connectivity index (χ2n) is 4.18. The fourth-order valence-corrected chi connectivity index (χ4v) is 1.56. The lowest BCUT2D eigenvalue weighted by Crippen LogP contribution is -2.32. The summed E-state index contributed by atoms with van der Waals surface area (Å²) < 4.78 is 7.38. The van der Waals surface area contributed by atoms with E-state index in [1.54, 1.807) is 6.33 Å². The van der Waals surface area contributed by atoms with Gasteiger partial charge in [0.1, 0.15) is 0 Å². The first kappa shape index (κ1) is 13.9. The first-order valence-electron chi connectivity index (χ1n) is 5.77. The average Bonchev–Trinajstić information content (AvgIpc) is 2.70. The van der Waals surface area contributed by atoms with E-state index in [1.165, 1.54) is 0 Å². The molecule has 0 saturated carbocycles. The molecule has 0 aliphatic rings. The van der Waals surface area contributed by atoms with Gasteiger partial charge < -0.3 is 20.4 Å². The summed E-state index contributed by atoms with van der Waals surface area (Å²) in [6, 6.07) is 0.121. The minimum Gasteiger partial charge on any atom is -0.376 e. The van der Waals surface area contributed by atoms with Crippen LogP contribution in [0.1, 0.15) is 18.7 Å². The van der Waals surface area contributed by atoms with Gasteiger partial charge in [0, 0.05) is 26.3 Å². The van der Waals surface area contributed by atoms with E-state index in [9.17, 15) is 0 Å². The summed E-state index contributed by atoms with van der Waals surface area (Å²) in [5, 5.41) is 3.35. The van der Waals surface area contributed by atoms with Crippen molar-refractivity contribution >= 4 is 0 Å². The van der Waals surface area contributed by atoms with Crippen LogP contribution in [0.15, 0.2) is 24.7 Å². The van der Waals surface area contributed by atoms with Crippen molar-refractivity contribution in [3.63, 3.8) is 0 Å². The monoisotopic (exact) mass is 238 g/mol. The molecular weight excluding hydrogens is 216 g/mol. The van der Waals surface area contributed by atoms with Crippen LogP contribution in [0.2, 0.25) is 0 Å². The van der Waals surface area contributed by atoms with Crippen molar-refractivity contribution in [2.24, 2.45) is 12.8 Å². The van der Waals surface area contributed by atoms with Crippen LogP contribution in [-0.4, -0.2) is 35.9 Å². The van der Waals surface area contributed by atoms with Crippen LogP contribution in [0.4, 0.5) is 0 Å². The molecule has 1 heterocycles. The predicted octanol–water partition coefficient (Wildman–Crippen LogP) is 0.602. The van der Waals surface area contributed by atoms with E-state index in [0.29, 0.717) is 19.8 Å². The number of ether oxygens (including phenoxy) is 1. The lowest BCUT2D eigenvalue weighted by atomic mass is 10.2. The molecule has 0 spiro atoms. The summed E-state index contributed by atoms with van der Waals surface area (Å²) in [4.78, 5) is 4.08. The number of nitrogens with zero attached hydrogens (tertiary/aromatic N) is 2. The number of nitrogens with one attached hydrogen (secondary N) is 1. The second kappa shape index (κ2) is 7.21. The maximum absolute atomic E-state index is 5.74. The fourth-order valence-electron chi connectivity index (χ4n) is 1.56. The topological polar surface area (TPSA) is 65.1 Å². The molecule has 1 aromatic heterocycles. The standard InChI is InChI=1S/C12H22N4O/c1-10(2)8-17-5-4-15-11(6-13)12-7-14-9-16(12)3/h7,9,11,15H,1,4-6,8,13H2,2-3H3. The Labute approximate surface area is 103 Å². The molecule has 0 bridgehead atoms. The molecule has 0 aliphatic carbocycles. The molecule has 1 rings (SSSR count).